The first-order valence-corrected chi connectivity index (χ1v) is 10.4. The molecule has 1 atom stereocenters. The summed E-state index contributed by atoms with van der Waals surface area (Å²) in [4.78, 5) is 18.5. The normalized spacial score (nSPS) is 22.9. The molecule has 4 heteroatoms. The molecule has 2 aliphatic heterocycles. The molecule has 1 amide bonds. The Balaban J connectivity index is 1.33. The van der Waals surface area contributed by atoms with Crippen LogP contribution in [0, 0.1) is 0 Å². The molecule has 1 aromatic carbocycles. The summed E-state index contributed by atoms with van der Waals surface area (Å²) in [6, 6.07) is 11.9. The van der Waals surface area contributed by atoms with Crippen molar-refractivity contribution in [3.8, 4) is 0 Å². The van der Waals surface area contributed by atoms with E-state index in [4.69, 9.17) is 0 Å². The van der Waals surface area contributed by atoms with Gasteiger partial charge in [-0.3, -0.25) is 9.69 Å². The Labute approximate surface area is 150 Å². The number of thioether (sulfide) groups is 1. The molecule has 0 saturated carbocycles. The van der Waals surface area contributed by atoms with Gasteiger partial charge in [0, 0.05) is 36.5 Å². The number of piperidine rings is 1. The lowest BCUT2D eigenvalue weighted by atomic mass is 10.0. The van der Waals surface area contributed by atoms with Crippen molar-refractivity contribution in [3.63, 3.8) is 0 Å². The van der Waals surface area contributed by atoms with Crippen LogP contribution in [0.1, 0.15) is 45.4 Å². The van der Waals surface area contributed by atoms with E-state index in [1.54, 1.807) is 0 Å². The summed E-state index contributed by atoms with van der Waals surface area (Å²) in [5.41, 5.74) is 0. The Morgan fingerprint density at radius 3 is 2.54 bits per heavy atom. The monoisotopic (exact) mass is 346 g/mol. The Hall–Kier alpha value is -1.00. The molecule has 2 fully saturated rings. The number of likely N-dealkylation sites (tertiary alicyclic amines) is 2. The number of hydrogen-bond donors (Lipinski definition) is 0. The maximum atomic E-state index is 12.4. The standard InChI is InChI=1S/C20H30N2OS/c1-17-7-5-13-22(17)18-11-14-21(15-12-18)20(23)10-6-16-24-19-8-3-2-4-9-19/h2-4,8-9,17-18H,5-7,10-16H2,1H3. The van der Waals surface area contributed by atoms with E-state index in [1.807, 2.05) is 17.8 Å². The highest BCUT2D eigenvalue weighted by Crippen LogP contribution is 2.26. The molecule has 0 spiro atoms. The minimum absolute atomic E-state index is 0.358. The minimum Gasteiger partial charge on any atom is -0.343 e. The summed E-state index contributed by atoms with van der Waals surface area (Å²) in [7, 11) is 0. The summed E-state index contributed by atoms with van der Waals surface area (Å²) in [6.45, 7) is 5.53. The minimum atomic E-state index is 0.358. The lowest BCUT2D eigenvalue weighted by Crippen LogP contribution is -2.47. The third kappa shape index (κ3) is 4.76. The molecule has 0 aromatic heterocycles. The van der Waals surface area contributed by atoms with Gasteiger partial charge in [0.2, 0.25) is 5.91 Å². The molecule has 132 valence electrons. The van der Waals surface area contributed by atoms with Crippen LogP contribution in [0.15, 0.2) is 35.2 Å². The summed E-state index contributed by atoms with van der Waals surface area (Å²) >= 11 is 1.85. The molecule has 1 aromatic rings. The number of amides is 1. The van der Waals surface area contributed by atoms with Gasteiger partial charge in [0.05, 0.1) is 0 Å². The summed E-state index contributed by atoms with van der Waals surface area (Å²) < 4.78 is 0. The fourth-order valence-corrected chi connectivity index (χ4v) is 4.91. The third-order valence-electron chi connectivity index (χ3n) is 5.44. The van der Waals surface area contributed by atoms with E-state index >= 15 is 0 Å². The lowest BCUT2D eigenvalue weighted by molar-refractivity contribution is -0.132. The zero-order valence-electron chi connectivity index (χ0n) is 14.8. The number of benzene rings is 1. The molecular formula is C20H30N2OS. The number of rotatable bonds is 6. The highest BCUT2D eigenvalue weighted by molar-refractivity contribution is 7.99. The molecule has 0 radical (unpaired) electrons. The summed E-state index contributed by atoms with van der Waals surface area (Å²) in [5, 5.41) is 0. The molecule has 2 heterocycles. The second-order valence-electron chi connectivity index (χ2n) is 7.11. The van der Waals surface area contributed by atoms with Gasteiger partial charge in [-0.25, -0.2) is 0 Å². The molecular weight excluding hydrogens is 316 g/mol. The smallest absolute Gasteiger partial charge is 0.222 e. The second-order valence-corrected chi connectivity index (χ2v) is 8.27. The molecule has 1 unspecified atom stereocenters. The van der Waals surface area contributed by atoms with Gasteiger partial charge in [0.25, 0.3) is 0 Å². The van der Waals surface area contributed by atoms with Crippen molar-refractivity contribution in [2.24, 2.45) is 0 Å². The molecule has 24 heavy (non-hydrogen) atoms. The predicted molar refractivity (Wildman–Crippen MR) is 101 cm³/mol. The van der Waals surface area contributed by atoms with Gasteiger partial charge in [0.1, 0.15) is 0 Å². The van der Waals surface area contributed by atoms with E-state index < -0.39 is 0 Å². The first kappa shape index (κ1) is 17.8. The SMILES string of the molecule is CC1CCCN1C1CCN(C(=O)CCCSc2ccccc2)CC1. The Kier molecular flexibility index (Phi) is 6.61. The van der Waals surface area contributed by atoms with Crippen LogP contribution in [0.3, 0.4) is 0 Å². The van der Waals surface area contributed by atoms with Gasteiger partial charge in [-0.05, 0) is 63.5 Å². The van der Waals surface area contributed by atoms with Gasteiger partial charge in [0.15, 0.2) is 0 Å². The van der Waals surface area contributed by atoms with Crippen LogP contribution < -0.4 is 0 Å². The van der Waals surface area contributed by atoms with Crippen LogP contribution >= 0.6 is 11.8 Å². The Bertz CT molecular complexity index is 514. The predicted octanol–water partition coefficient (Wildman–Crippen LogP) is 4.03. The van der Waals surface area contributed by atoms with Crippen molar-refractivity contribution in [2.75, 3.05) is 25.4 Å². The van der Waals surface area contributed by atoms with Gasteiger partial charge in [-0.2, -0.15) is 0 Å². The van der Waals surface area contributed by atoms with E-state index in [-0.39, 0.29) is 0 Å². The highest BCUT2D eigenvalue weighted by Gasteiger charge is 2.31. The zero-order chi connectivity index (χ0) is 16.8. The number of nitrogens with zero attached hydrogens (tertiary/aromatic N) is 2. The van der Waals surface area contributed by atoms with Gasteiger partial charge >= 0.3 is 0 Å². The maximum absolute atomic E-state index is 12.4. The van der Waals surface area contributed by atoms with Gasteiger partial charge in [-0.1, -0.05) is 18.2 Å². The lowest BCUT2D eigenvalue weighted by Gasteiger charge is -2.38. The van der Waals surface area contributed by atoms with Crippen LogP contribution in [-0.2, 0) is 4.79 Å². The second kappa shape index (κ2) is 8.91. The number of carbonyl (C=O) groups excluding carboxylic acids is 1. The first-order valence-electron chi connectivity index (χ1n) is 9.45. The van der Waals surface area contributed by atoms with E-state index in [9.17, 15) is 4.79 Å². The van der Waals surface area contributed by atoms with Crippen LogP contribution in [0.4, 0.5) is 0 Å². The number of hydrogen-bond acceptors (Lipinski definition) is 3. The fraction of sp³-hybridized carbons (Fsp3) is 0.650. The van der Waals surface area contributed by atoms with Crippen LogP contribution in [0.2, 0.25) is 0 Å². The molecule has 0 N–H and O–H groups in total. The summed E-state index contributed by atoms with van der Waals surface area (Å²) in [6.07, 6.45) is 6.69. The van der Waals surface area contributed by atoms with Gasteiger partial charge < -0.3 is 4.90 Å². The first-order chi connectivity index (χ1) is 11.7. The summed E-state index contributed by atoms with van der Waals surface area (Å²) in [5.74, 6) is 1.38. The van der Waals surface area contributed by atoms with E-state index in [0.717, 1.165) is 44.1 Å². The Morgan fingerprint density at radius 2 is 1.88 bits per heavy atom. The van der Waals surface area contributed by atoms with Crippen molar-refractivity contribution in [2.45, 2.75) is 62.4 Å². The molecule has 3 nitrogen and oxygen atoms in total. The maximum Gasteiger partial charge on any atom is 0.222 e. The molecule has 0 bridgehead atoms. The topological polar surface area (TPSA) is 23.6 Å². The van der Waals surface area contributed by atoms with Crippen LogP contribution in [-0.4, -0.2) is 53.2 Å². The van der Waals surface area contributed by atoms with Crippen molar-refractivity contribution in [1.29, 1.82) is 0 Å². The molecule has 2 saturated heterocycles. The third-order valence-corrected chi connectivity index (χ3v) is 6.54. The van der Waals surface area contributed by atoms with Gasteiger partial charge in [-0.15, -0.1) is 11.8 Å². The van der Waals surface area contributed by atoms with Crippen molar-refractivity contribution in [3.05, 3.63) is 30.3 Å². The van der Waals surface area contributed by atoms with E-state index in [1.165, 1.54) is 24.3 Å². The average molecular weight is 347 g/mol. The molecule has 0 aliphatic carbocycles. The fourth-order valence-electron chi connectivity index (χ4n) is 4.03. The van der Waals surface area contributed by atoms with Crippen LogP contribution in [0.5, 0.6) is 0 Å². The largest absolute Gasteiger partial charge is 0.343 e. The highest BCUT2D eigenvalue weighted by atomic mass is 32.2. The Morgan fingerprint density at radius 1 is 1.12 bits per heavy atom. The number of carbonyl (C=O) groups is 1. The average Bonchev–Trinajstić information content (AvgIpc) is 3.05. The van der Waals surface area contributed by atoms with Crippen molar-refractivity contribution in [1.82, 2.24) is 9.80 Å². The van der Waals surface area contributed by atoms with Crippen molar-refractivity contribution < 1.29 is 4.79 Å². The quantitative estimate of drug-likeness (QED) is 0.574. The molecule has 3 rings (SSSR count). The molecule has 2 aliphatic rings. The van der Waals surface area contributed by atoms with Crippen LogP contribution in [0.25, 0.3) is 0 Å². The zero-order valence-corrected chi connectivity index (χ0v) is 15.6. The van der Waals surface area contributed by atoms with E-state index in [0.29, 0.717) is 18.4 Å². The van der Waals surface area contributed by atoms with Crippen molar-refractivity contribution >= 4 is 17.7 Å². The van der Waals surface area contributed by atoms with E-state index in [2.05, 4.69) is 41.0 Å².